The second-order valence-corrected chi connectivity index (χ2v) is 5.69. The highest BCUT2D eigenvalue weighted by atomic mass is 16.6. The average Bonchev–Trinajstić information content (AvgIpc) is 2.12. The fourth-order valence-corrected chi connectivity index (χ4v) is 1.36. The molecule has 1 amide bonds. The van der Waals surface area contributed by atoms with Gasteiger partial charge < -0.3 is 10.5 Å². The van der Waals surface area contributed by atoms with E-state index in [1.54, 1.807) is 34.6 Å². The third-order valence-electron chi connectivity index (χ3n) is 2.16. The van der Waals surface area contributed by atoms with Crippen LogP contribution >= 0.6 is 0 Å². The van der Waals surface area contributed by atoms with Crippen molar-refractivity contribution in [1.29, 1.82) is 0 Å². The lowest BCUT2D eigenvalue weighted by Gasteiger charge is -2.31. The van der Waals surface area contributed by atoms with E-state index in [0.717, 1.165) is 0 Å². The molecule has 6 heteroatoms. The first kappa shape index (κ1) is 16.9. The number of nitrogens with two attached hydrogens (primary N) is 1. The topological polar surface area (TPSA) is 92.9 Å². The summed E-state index contributed by atoms with van der Waals surface area (Å²) in [6.45, 7) is 10.0. The van der Waals surface area contributed by atoms with Gasteiger partial charge in [0.05, 0.1) is 6.04 Å². The van der Waals surface area contributed by atoms with Crippen LogP contribution < -0.4 is 5.73 Å². The number of hydroxylamine groups is 2. The fraction of sp³-hybridized carbons (Fsp3) is 0.833. The van der Waals surface area contributed by atoms with Gasteiger partial charge in [0.25, 0.3) is 5.91 Å². The van der Waals surface area contributed by atoms with Gasteiger partial charge in [-0.2, -0.15) is 0 Å². The minimum Gasteiger partial charge on any atom is -0.458 e. The molecule has 0 bridgehead atoms. The molecular formula is C12H24N2O4. The number of hydrogen-bond donors (Lipinski definition) is 2. The Balaban J connectivity index is 4.98. The molecule has 106 valence electrons. The van der Waals surface area contributed by atoms with Crippen molar-refractivity contribution in [3.8, 4) is 0 Å². The van der Waals surface area contributed by atoms with Crippen LogP contribution in [-0.2, 0) is 14.3 Å². The summed E-state index contributed by atoms with van der Waals surface area (Å²) >= 11 is 0. The van der Waals surface area contributed by atoms with Gasteiger partial charge >= 0.3 is 5.97 Å². The van der Waals surface area contributed by atoms with Gasteiger partial charge in [0, 0.05) is 0 Å². The SMILES string of the molecule is CC(C)[C@@H](C(=O)OC(C)(C)C)N(O)C(=O)[C@H](C)N. The molecule has 0 aromatic rings. The number of hydrogen-bond acceptors (Lipinski definition) is 5. The van der Waals surface area contributed by atoms with Crippen molar-refractivity contribution in [3.63, 3.8) is 0 Å². The van der Waals surface area contributed by atoms with Crippen LogP contribution in [0.25, 0.3) is 0 Å². The van der Waals surface area contributed by atoms with Gasteiger partial charge in [-0.25, -0.2) is 9.86 Å². The molecule has 0 aliphatic heterocycles. The largest absolute Gasteiger partial charge is 0.458 e. The van der Waals surface area contributed by atoms with E-state index in [1.807, 2.05) is 0 Å². The quantitative estimate of drug-likeness (QED) is 0.445. The van der Waals surface area contributed by atoms with E-state index in [9.17, 15) is 14.8 Å². The van der Waals surface area contributed by atoms with Crippen LogP contribution in [0.5, 0.6) is 0 Å². The molecule has 2 atom stereocenters. The highest BCUT2D eigenvalue weighted by molar-refractivity contribution is 5.86. The molecular weight excluding hydrogens is 236 g/mol. The first-order valence-electron chi connectivity index (χ1n) is 5.97. The van der Waals surface area contributed by atoms with Gasteiger partial charge in [-0.3, -0.25) is 10.0 Å². The minimum absolute atomic E-state index is 0.285. The predicted molar refractivity (Wildman–Crippen MR) is 66.8 cm³/mol. The number of carbonyl (C=O) groups excluding carboxylic acids is 2. The molecule has 0 radical (unpaired) electrons. The fourth-order valence-electron chi connectivity index (χ4n) is 1.36. The molecule has 0 aromatic carbocycles. The standard InChI is InChI=1S/C12H24N2O4/c1-7(2)9(11(16)18-12(4,5)6)14(17)10(15)8(3)13/h7-9,17H,13H2,1-6H3/t8-,9-/m0/s1. The van der Waals surface area contributed by atoms with Crippen LogP contribution in [0.3, 0.4) is 0 Å². The minimum atomic E-state index is -1.05. The van der Waals surface area contributed by atoms with E-state index in [4.69, 9.17) is 10.5 Å². The zero-order valence-corrected chi connectivity index (χ0v) is 11.9. The van der Waals surface area contributed by atoms with E-state index < -0.39 is 29.6 Å². The van der Waals surface area contributed by atoms with E-state index >= 15 is 0 Å². The van der Waals surface area contributed by atoms with E-state index in [0.29, 0.717) is 5.06 Å². The molecule has 3 N–H and O–H groups in total. The zero-order valence-electron chi connectivity index (χ0n) is 11.9. The van der Waals surface area contributed by atoms with Crippen molar-refractivity contribution >= 4 is 11.9 Å². The lowest BCUT2D eigenvalue weighted by molar-refractivity contribution is -0.198. The molecule has 0 rings (SSSR count). The van der Waals surface area contributed by atoms with Crippen molar-refractivity contribution in [1.82, 2.24) is 5.06 Å². The molecule has 0 saturated carbocycles. The van der Waals surface area contributed by atoms with Crippen LogP contribution in [0.4, 0.5) is 0 Å². The molecule has 18 heavy (non-hydrogen) atoms. The molecule has 0 aliphatic carbocycles. The molecule has 0 fully saturated rings. The summed E-state index contributed by atoms with van der Waals surface area (Å²) in [4.78, 5) is 23.6. The predicted octanol–water partition coefficient (Wildman–Crippen LogP) is 0.918. The Hall–Kier alpha value is -1.14. The number of nitrogens with zero attached hydrogens (tertiary/aromatic N) is 1. The lowest BCUT2D eigenvalue weighted by Crippen LogP contribution is -2.52. The molecule has 0 unspecified atom stereocenters. The molecule has 0 aromatic heterocycles. The van der Waals surface area contributed by atoms with Gasteiger partial charge in [-0.05, 0) is 33.6 Å². The van der Waals surface area contributed by atoms with Crippen molar-refractivity contribution in [3.05, 3.63) is 0 Å². The first-order chi connectivity index (χ1) is 7.97. The third-order valence-corrected chi connectivity index (χ3v) is 2.16. The Morgan fingerprint density at radius 3 is 1.94 bits per heavy atom. The number of esters is 1. The van der Waals surface area contributed by atoms with Gasteiger partial charge in [-0.1, -0.05) is 13.8 Å². The Morgan fingerprint density at radius 2 is 1.67 bits per heavy atom. The summed E-state index contributed by atoms with van der Waals surface area (Å²) in [6, 6.07) is -1.93. The van der Waals surface area contributed by atoms with Crippen LogP contribution in [0.1, 0.15) is 41.5 Å². The maximum absolute atomic E-state index is 12.0. The maximum atomic E-state index is 12.0. The summed E-state index contributed by atoms with van der Waals surface area (Å²) in [7, 11) is 0. The number of rotatable bonds is 4. The number of ether oxygens (including phenoxy) is 1. The third kappa shape index (κ3) is 5.01. The Bertz CT molecular complexity index is 308. The summed E-state index contributed by atoms with van der Waals surface area (Å²) in [5.74, 6) is -1.64. The highest BCUT2D eigenvalue weighted by Crippen LogP contribution is 2.16. The normalized spacial score (nSPS) is 15.2. The van der Waals surface area contributed by atoms with Crippen LogP contribution in [0.2, 0.25) is 0 Å². The van der Waals surface area contributed by atoms with E-state index in [-0.39, 0.29) is 5.92 Å². The molecule has 0 saturated heterocycles. The summed E-state index contributed by atoms with van der Waals surface area (Å²) < 4.78 is 5.18. The van der Waals surface area contributed by atoms with Crippen LogP contribution in [0.15, 0.2) is 0 Å². The summed E-state index contributed by atoms with van der Waals surface area (Å²) in [6.07, 6.45) is 0. The zero-order chi connectivity index (χ0) is 14.7. The second-order valence-electron chi connectivity index (χ2n) is 5.69. The number of amides is 1. The van der Waals surface area contributed by atoms with E-state index in [1.165, 1.54) is 6.92 Å². The van der Waals surface area contributed by atoms with Gasteiger partial charge in [0.15, 0.2) is 6.04 Å². The highest BCUT2D eigenvalue weighted by Gasteiger charge is 2.36. The van der Waals surface area contributed by atoms with Crippen LogP contribution in [-0.4, -0.2) is 39.8 Å². The summed E-state index contributed by atoms with van der Waals surface area (Å²) in [5, 5.41) is 10.2. The smallest absolute Gasteiger partial charge is 0.332 e. The molecule has 0 spiro atoms. The molecule has 0 aliphatic rings. The summed E-state index contributed by atoms with van der Waals surface area (Å²) in [5.41, 5.74) is 4.72. The molecule has 6 nitrogen and oxygen atoms in total. The van der Waals surface area contributed by atoms with Crippen LogP contribution in [0, 0.1) is 5.92 Å². The Labute approximate surface area is 108 Å². The second kappa shape index (κ2) is 6.15. The number of carbonyl (C=O) groups is 2. The first-order valence-corrected chi connectivity index (χ1v) is 5.97. The van der Waals surface area contributed by atoms with Crippen molar-refractivity contribution in [2.24, 2.45) is 11.7 Å². The maximum Gasteiger partial charge on any atom is 0.332 e. The average molecular weight is 260 g/mol. The van der Waals surface area contributed by atoms with Crippen molar-refractivity contribution in [2.45, 2.75) is 59.2 Å². The Kier molecular flexibility index (Phi) is 5.76. The Morgan fingerprint density at radius 1 is 1.22 bits per heavy atom. The van der Waals surface area contributed by atoms with Gasteiger partial charge in [0.1, 0.15) is 5.60 Å². The van der Waals surface area contributed by atoms with Crippen molar-refractivity contribution in [2.75, 3.05) is 0 Å². The van der Waals surface area contributed by atoms with E-state index in [2.05, 4.69) is 0 Å². The van der Waals surface area contributed by atoms with Gasteiger partial charge in [0.2, 0.25) is 0 Å². The van der Waals surface area contributed by atoms with Crippen molar-refractivity contribution < 1.29 is 19.5 Å². The molecule has 0 heterocycles. The monoisotopic (exact) mass is 260 g/mol. The lowest BCUT2D eigenvalue weighted by atomic mass is 10.0. The van der Waals surface area contributed by atoms with Gasteiger partial charge in [-0.15, -0.1) is 0 Å².